The maximum atomic E-state index is 12.1. The van der Waals surface area contributed by atoms with Gasteiger partial charge in [-0.1, -0.05) is 0 Å². The zero-order valence-corrected chi connectivity index (χ0v) is 10.3. The Kier molecular flexibility index (Phi) is 2.72. The van der Waals surface area contributed by atoms with E-state index in [9.17, 15) is 4.79 Å². The predicted molar refractivity (Wildman–Crippen MR) is 73.0 cm³/mol. The number of aromatic amines is 1. The highest BCUT2D eigenvalue weighted by molar-refractivity contribution is 6.06. The summed E-state index contributed by atoms with van der Waals surface area (Å²) >= 11 is 0. The number of benzene rings is 1. The lowest BCUT2D eigenvalue weighted by atomic mass is 10.1. The molecule has 5 heteroatoms. The first kappa shape index (κ1) is 11.4. The summed E-state index contributed by atoms with van der Waals surface area (Å²) in [4.78, 5) is 23.3. The second kappa shape index (κ2) is 4.53. The Morgan fingerprint density at radius 1 is 1.21 bits per heavy atom. The predicted octanol–water partition coefficient (Wildman–Crippen LogP) is 2.52. The molecule has 0 aliphatic carbocycles. The summed E-state index contributed by atoms with van der Waals surface area (Å²) in [5.41, 5.74) is 2.20. The molecule has 0 unspecified atom stereocenters. The van der Waals surface area contributed by atoms with Crippen molar-refractivity contribution in [2.75, 3.05) is 5.32 Å². The highest BCUT2D eigenvalue weighted by Crippen LogP contribution is 2.15. The second-order valence-corrected chi connectivity index (χ2v) is 4.25. The van der Waals surface area contributed by atoms with Gasteiger partial charge in [-0.05, 0) is 31.2 Å². The second-order valence-electron chi connectivity index (χ2n) is 4.25. The third kappa shape index (κ3) is 2.30. The third-order valence-corrected chi connectivity index (χ3v) is 2.85. The van der Waals surface area contributed by atoms with Crippen molar-refractivity contribution in [2.45, 2.75) is 6.92 Å². The normalized spacial score (nSPS) is 10.6. The number of fused-ring (bicyclic) bond motifs is 1. The van der Waals surface area contributed by atoms with Gasteiger partial charge in [0.05, 0.1) is 18.1 Å². The summed E-state index contributed by atoms with van der Waals surface area (Å²) in [6.45, 7) is 1.80. The molecule has 0 saturated carbocycles. The fourth-order valence-electron chi connectivity index (χ4n) is 1.85. The van der Waals surface area contributed by atoms with E-state index in [1.807, 2.05) is 24.4 Å². The topological polar surface area (TPSA) is 70.7 Å². The summed E-state index contributed by atoms with van der Waals surface area (Å²) in [6.07, 6.45) is 5.03. The Bertz CT molecular complexity index is 731. The maximum Gasteiger partial charge on any atom is 0.255 e. The minimum absolute atomic E-state index is 0.171. The Labute approximate surface area is 109 Å². The summed E-state index contributed by atoms with van der Waals surface area (Å²) < 4.78 is 0. The summed E-state index contributed by atoms with van der Waals surface area (Å²) in [6, 6.07) is 7.44. The number of carbonyl (C=O) groups excluding carboxylic acids is 1. The van der Waals surface area contributed by atoms with Crippen LogP contribution in [0.1, 0.15) is 16.2 Å². The zero-order valence-electron chi connectivity index (χ0n) is 10.3. The number of carbonyl (C=O) groups is 1. The van der Waals surface area contributed by atoms with Crippen LogP contribution < -0.4 is 5.32 Å². The van der Waals surface area contributed by atoms with E-state index in [1.54, 1.807) is 25.4 Å². The number of nitrogens with zero attached hydrogens (tertiary/aromatic N) is 2. The molecule has 0 saturated heterocycles. The van der Waals surface area contributed by atoms with E-state index in [4.69, 9.17) is 0 Å². The van der Waals surface area contributed by atoms with Crippen molar-refractivity contribution in [3.8, 4) is 0 Å². The number of amides is 1. The van der Waals surface area contributed by atoms with Crippen LogP contribution >= 0.6 is 0 Å². The molecule has 0 bridgehead atoms. The lowest BCUT2D eigenvalue weighted by Gasteiger charge is -2.04. The van der Waals surface area contributed by atoms with Crippen molar-refractivity contribution >= 4 is 22.5 Å². The van der Waals surface area contributed by atoms with Crippen LogP contribution in [-0.4, -0.2) is 20.9 Å². The molecule has 3 aromatic rings. The number of nitrogens with one attached hydrogen (secondary N) is 2. The SMILES string of the molecule is Cc1ncc(NC(=O)c2ccc3[nH]ccc3c2)cn1. The van der Waals surface area contributed by atoms with Crippen molar-refractivity contribution < 1.29 is 4.79 Å². The van der Waals surface area contributed by atoms with Gasteiger partial charge in [0.25, 0.3) is 5.91 Å². The van der Waals surface area contributed by atoms with Crippen molar-refractivity contribution in [3.05, 3.63) is 54.2 Å². The molecule has 1 amide bonds. The summed E-state index contributed by atoms with van der Waals surface area (Å²) in [5, 5.41) is 3.78. The molecule has 0 aliphatic heterocycles. The minimum atomic E-state index is -0.171. The highest BCUT2D eigenvalue weighted by atomic mass is 16.1. The number of aromatic nitrogens is 3. The van der Waals surface area contributed by atoms with Gasteiger partial charge in [-0.2, -0.15) is 0 Å². The van der Waals surface area contributed by atoms with Crippen LogP contribution in [0.4, 0.5) is 5.69 Å². The Morgan fingerprint density at radius 2 is 2.00 bits per heavy atom. The van der Waals surface area contributed by atoms with E-state index in [2.05, 4.69) is 20.3 Å². The first-order valence-electron chi connectivity index (χ1n) is 5.89. The molecule has 2 N–H and O–H groups in total. The summed E-state index contributed by atoms with van der Waals surface area (Å²) in [5.74, 6) is 0.502. The van der Waals surface area contributed by atoms with Gasteiger partial charge < -0.3 is 10.3 Å². The monoisotopic (exact) mass is 252 g/mol. The van der Waals surface area contributed by atoms with E-state index >= 15 is 0 Å². The van der Waals surface area contributed by atoms with Crippen LogP contribution in [0.3, 0.4) is 0 Å². The average Bonchev–Trinajstić information content (AvgIpc) is 2.88. The number of rotatable bonds is 2. The molecule has 5 nitrogen and oxygen atoms in total. The summed E-state index contributed by atoms with van der Waals surface area (Å²) in [7, 11) is 0. The Hall–Kier alpha value is -2.69. The van der Waals surface area contributed by atoms with Gasteiger partial charge in [-0.3, -0.25) is 4.79 Å². The first-order valence-corrected chi connectivity index (χ1v) is 5.89. The molecule has 1 aromatic carbocycles. The minimum Gasteiger partial charge on any atom is -0.361 e. The standard InChI is InChI=1S/C14H12N4O/c1-9-16-7-12(8-17-9)18-14(19)11-2-3-13-10(6-11)4-5-15-13/h2-8,15H,1H3,(H,18,19). The number of aryl methyl sites for hydroxylation is 1. The molecule has 19 heavy (non-hydrogen) atoms. The largest absolute Gasteiger partial charge is 0.361 e. The molecular formula is C14H12N4O. The Morgan fingerprint density at radius 3 is 2.79 bits per heavy atom. The van der Waals surface area contributed by atoms with Crippen molar-refractivity contribution in [1.29, 1.82) is 0 Å². The molecular weight excluding hydrogens is 240 g/mol. The number of hydrogen-bond donors (Lipinski definition) is 2. The molecule has 2 heterocycles. The number of H-pyrrole nitrogens is 1. The van der Waals surface area contributed by atoms with E-state index in [-0.39, 0.29) is 5.91 Å². The van der Waals surface area contributed by atoms with Gasteiger partial charge in [0.15, 0.2) is 0 Å². The van der Waals surface area contributed by atoms with Crippen LogP contribution in [0.5, 0.6) is 0 Å². The van der Waals surface area contributed by atoms with Crippen LogP contribution in [-0.2, 0) is 0 Å². The van der Waals surface area contributed by atoms with Crippen molar-refractivity contribution in [2.24, 2.45) is 0 Å². The number of hydrogen-bond acceptors (Lipinski definition) is 3. The lowest BCUT2D eigenvalue weighted by molar-refractivity contribution is 0.102. The average molecular weight is 252 g/mol. The molecule has 0 spiro atoms. The molecule has 94 valence electrons. The molecule has 0 atom stereocenters. The fraction of sp³-hybridized carbons (Fsp3) is 0.0714. The van der Waals surface area contributed by atoms with Crippen molar-refractivity contribution in [3.63, 3.8) is 0 Å². The molecule has 2 aromatic heterocycles. The zero-order chi connectivity index (χ0) is 13.2. The highest BCUT2D eigenvalue weighted by Gasteiger charge is 2.07. The van der Waals surface area contributed by atoms with Gasteiger partial charge in [0, 0.05) is 22.7 Å². The van der Waals surface area contributed by atoms with E-state index < -0.39 is 0 Å². The number of anilines is 1. The van der Waals surface area contributed by atoms with Gasteiger partial charge >= 0.3 is 0 Å². The van der Waals surface area contributed by atoms with Crippen LogP contribution in [0.15, 0.2) is 42.9 Å². The first-order chi connectivity index (χ1) is 9.22. The molecule has 0 fully saturated rings. The van der Waals surface area contributed by atoms with E-state index in [0.29, 0.717) is 17.1 Å². The molecule has 0 radical (unpaired) electrons. The Balaban J connectivity index is 1.84. The quantitative estimate of drug-likeness (QED) is 0.736. The third-order valence-electron chi connectivity index (χ3n) is 2.85. The van der Waals surface area contributed by atoms with Crippen LogP contribution in [0.25, 0.3) is 10.9 Å². The van der Waals surface area contributed by atoms with E-state index in [1.165, 1.54) is 0 Å². The van der Waals surface area contributed by atoms with Gasteiger partial charge in [0.1, 0.15) is 5.82 Å². The maximum absolute atomic E-state index is 12.1. The van der Waals surface area contributed by atoms with Gasteiger partial charge in [-0.25, -0.2) is 9.97 Å². The molecule has 3 rings (SSSR count). The van der Waals surface area contributed by atoms with Crippen LogP contribution in [0, 0.1) is 6.92 Å². The molecule has 0 aliphatic rings. The van der Waals surface area contributed by atoms with Crippen LogP contribution in [0.2, 0.25) is 0 Å². The van der Waals surface area contributed by atoms with Crippen molar-refractivity contribution in [1.82, 2.24) is 15.0 Å². The van der Waals surface area contributed by atoms with E-state index in [0.717, 1.165) is 10.9 Å². The van der Waals surface area contributed by atoms with Gasteiger partial charge in [0.2, 0.25) is 0 Å². The smallest absolute Gasteiger partial charge is 0.255 e. The fourth-order valence-corrected chi connectivity index (χ4v) is 1.85. The lowest BCUT2D eigenvalue weighted by Crippen LogP contribution is -2.12. The van der Waals surface area contributed by atoms with Gasteiger partial charge in [-0.15, -0.1) is 0 Å².